The van der Waals surface area contributed by atoms with Gasteiger partial charge in [-0.1, -0.05) is 0 Å². The highest BCUT2D eigenvalue weighted by molar-refractivity contribution is 7.09. The number of rotatable bonds is 4. The Hall–Kier alpha value is -0.850. The van der Waals surface area contributed by atoms with Crippen molar-refractivity contribution in [3.63, 3.8) is 0 Å². The number of nitrogens with zero attached hydrogens (tertiary/aromatic N) is 3. The van der Waals surface area contributed by atoms with E-state index in [0.717, 1.165) is 22.8 Å². The van der Waals surface area contributed by atoms with Gasteiger partial charge in [-0.3, -0.25) is 0 Å². The topological polar surface area (TPSA) is 50.7 Å². The molecule has 0 radical (unpaired) electrons. The molecule has 0 saturated heterocycles. The van der Waals surface area contributed by atoms with Crippen LogP contribution in [0.2, 0.25) is 0 Å². The van der Waals surface area contributed by atoms with Gasteiger partial charge in [0.05, 0.1) is 34.7 Å². The van der Waals surface area contributed by atoms with Crippen molar-refractivity contribution >= 4 is 23.1 Å². The zero-order chi connectivity index (χ0) is 10.7. The standard InChI is InChI=1S/C9H12N4S2/c1-6-5-14-9(12-6)3-7(10-2)8-4-11-15-13-8/h4-5,7,10H,3H2,1-2H3. The van der Waals surface area contributed by atoms with Gasteiger partial charge in [-0.2, -0.15) is 8.75 Å². The second-order valence-electron chi connectivity index (χ2n) is 3.26. The van der Waals surface area contributed by atoms with E-state index in [9.17, 15) is 0 Å². The third-order valence-electron chi connectivity index (χ3n) is 2.13. The zero-order valence-electron chi connectivity index (χ0n) is 8.60. The second kappa shape index (κ2) is 4.78. The van der Waals surface area contributed by atoms with Crippen molar-refractivity contribution in [1.82, 2.24) is 19.0 Å². The fourth-order valence-corrected chi connectivity index (χ4v) is 2.64. The Morgan fingerprint density at radius 2 is 2.40 bits per heavy atom. The Bertz CT molecular complexity index is 409. The Labute approximate surface area is 96.7 Å². The molecule has 1 unspecified atom stereocenters. The first kappa shape index (κ1) is 10.7. The van der Waals surface area contributed by atoms with Gasteiger partial charge >= 0.3 is 0 Å². The van der Waals surface area contributed by atoms with Crippen LogP contribution in [-0.2, 0) is 6.42 Å². The molecule has 2 rings (SSSR count). The van der Waals surface area contributed by atoms with Crippen LogP contribution in [-0.4, -0.2) is 20.8 Å². The maximum absolute atomic E-state index is 4.44. The molecule has 80 valence electrons. The molecule has 15 heavy (non-hydrogen) atoms. The largest absolute Gasteiger partial charge is 0.311 e. The summed E-state index contributed by atoms with van der Waals surface area (Å²) in [5.41, 5.74) is 2.08. The number of aromatic nitrogens is 3. The smallest absolute Gasteiger partial charge is 0.0947 e. The van der Waals surface area contributed by atoms with Gasteiger partial charge in [0.2, 0.25) is 0 Å². The van der Waals surface area contributed by atoms with Crippen molar-refractivity contribution < 1.29 is 0 Å². The van der Waals surface area contributed by atoms with Crippen LogP contribution in [0, 0.1) is 6.92 Å². The van der Waals surface area contributed by atoms with Crippen LogP contribution in [0.3, 0.4) is 0 Å². The predicted molar refractivity (Wildman–Crippen MR) is 62.3 cm³/mol. The number of hydrogen-bond donors (Lipinski definition) is 1. The molecule has 0 fully saturated rings. The van der Waals surface area contributed by atoms with Crippen LogP contribution >= 0.6 is 23.1 Å². The van der Waals surface area contributed by atoms with Crippen LogP contribution in [0.5, 0.6) is 0 Å². The quantitative estimate of drug-likeness (QED) is 0.885. The molecular weight excluding hydrogens is 228 g/mol. The first-order chi connectivity index (χ1) is 7.29. The van der Waals surface area contributed by atoms with Crippen LogP contribution in [0.15, 0.2) is 11.6 Å². The van der Waals surface area contributed by atoms with E-state index in [-0.39, 0.29) is 6.04 Å². The van der Waals surface area contributed by atoms with Gasteiger partial charge in [0.25, 0.3) is 0 Å². The monoisotopic (exact) mass is 240 g/mol. The normalized spacial score (nSPS) is 12.9. The molecule has 2 aromatic heterocycles. The van der Waals surface area contributed by atoms with E-state index in [1.807, 2.05) is 20.2 Å². The highest BCUT2D eigenvalue weighted by Crippen LogP contribution is 2.19. The molecule has 0 saturated carbocycles. The van der Waals surface area contributed by atoms with Gasteiger partial charge in [-0.05, 0) is 14.0 Å². The molecule has 0 aromatic carbocycles. The van der Waals surface area contributed by atoms with Crippen molar-refractivity contribution in [2.45, 2.75) is 19.4 Å². The molecule has 0 aliphatic heterocycles. The Kier molecular flexibility index (Phi) is 3.40. The SMILES string of the molecule is CNC(Cc1nc(C)cs1)c1cnsn1. The molecular formula is C9H12N4S2. The average Bonchev–Trinajstić information content (AvgIpc) is 2.85. The van der Waals surface area contributed by atoms with Crippen LogP contribution in [0.4, 0.5) is 0 Å². The summed E-state index contributed by atoms with van der Waals surface area (Å²) < 4.78 is 8.25. The first-order valence-corrected chi connectivity index (χ1v) is 6.26. The minimum absolute atomic E-state index is 0.217. The third-order valence-corrected chi connectivity index (χ3v) is 3.61. The molecule has 0 amide bonds. The lowest BCUT2D eigenvalue weighted by atomic mass is 10.1. The van der Waals surface area contributed by atoms with E-state index >= 15 is 0 Å². The molecule has 0 aliphatic rings. The minimum atomic E-state index is 0.217. The van der Waals surface area contributed by atoms with E-state index in [0.29, 0.717) is 0 Å². The number of nitrogens with one attached hydrogen (secondary N) is 1. The molecule has 0 spiro atoms. The molecule has 2 heterocycles. The zero-order valence-corrected chi connectivity index (χ0v) is 10.2. The molecule has 4 nitrogen and oxygen atoms in total. The number of thiazole rings is 1. The predicted octanol–water partition coefficient (Wildman–Crippen LogP) is 1.81. The highest BCUT2D eigenvalue weighted by atomic mass is 32.1. The fourth-order valence-electron chi connectivity index (χ4n) is 1.35. The maximum atomic E-state index is 4.44. The summed E-state index contributed by atoms with van der Waals surface area (Å²) in [7, 11) is 1.93. The Balaban J connectivity index is 2.09. The molecule has 1 N–H and O–H groups in total. The molecule has 0 aliphatic carbocycles. The first-order valence-electron chi connectivity index (χ1n) is 4.65. The van der Waals surface area contributed by atoms with Gasteiger partial charge in [0, 0.05) is 17.5 Å². The Morgan fingerprint density at radius 1 is 1.53 bits per heavy atom. The highest BCUT2D eigenvalue weighted by Gasteiger charge is 2.14. The van der Waals surface area contributed by atoms with Crippen LogP contribution in [0.25, 0.3) is 0 Å². The van der Waals surface area contributed by atoms with E-state index < -0.39 is 0 Å². The van der Waals surface area contributed by atoms with Crippen molar-refractivity contribution in [2.24, 2.45) is 0 Å². The molecule has 2 aromatic rings. The number of aryl methyl sites for hydroxylation is 1. The van der Waals surface area contributed by atoms with E-state index in [1.54, 1.807) is 11.3 Å². The second-order valence-corrected chi connectivity index (χ2v) is 4.76. The average molecular weight is 240 g/mol. The number of hydrogen-bond acceptors (Lipinski definition) is 6. The number of likely N-dealkylation sites (N-methyl/N-ethyl adjacent to an activating group) is 1. The summed E-state index contributed by atoms with van der Waals surface area (Å²) in [5, 5.41) is 6.44. The van der Waals surface area contributed by atoms with Gasteiger partial charge < -0.3 is 5.32 Å². The van der Waals surface area contributed by atoms with Gasteiger partial charge in [0.15, 0.2) is 0 Å². The van der Waals surface area contributed by atoms with Crippen LogP contribution in [0.1, 0.15) is 22.4 Å². The van der Waals surface area contributed by atoms with Crippen molar-refractivity contribution in [1.29, 1.82) is 0 Å². The lowest BCUT2D eigenvalue weighted by molar-refractivity contribution is 0.578. The maximum Gasteiger partial charge on any atom is 0.0947 e. The summed E-state index contributed by atoms with van der Waals surface area (Å²) in [6.45, 7) is 2.01. The molecule has 1 atom stereocenters. The minimum Gasteiger partial charge on any atom is -0.311 e. The van der Waals surface area contributed by atoms with E-state index in [4.69, 9.17) is 0 Å². The summed E-state index contributed by atoms with van der Waals surface area (Å²) in [6.07, 6.45) is 2.69. The van der Waals surface area contributed by atoms with Gasteiger partial charge in [-0.25, -0.2) is 4.98 Å². The summed E-state index contributed by atoms with van der Waals surface area (Å²) in [5.74, 6) is 0. The van der Waals surface area contributed by atoms with E-state index in [2.05, 4.69) is 24.4 Å². The van der Waals surface area contributed by atoms with Crippen molar-refractivity contribution in [3.05, 3.63) is 28.0 Å². The summed E-state index contributed by atoms with van der Waals surface area (Å²) in [6, 6.07) is 0.217. The lowest BCUT2D eigenvalue weighted by Gasteiger charge is -2.10. The Morgan fingerprint density at radius 3 is 2.93 bits per heavy atom. The summed E-state index contributed by atoms with van der Waals surface area (Å²) in [4.78, 5) is 4.44. The van der Waals surface area contributed by atoms with E-state index in [1.165, 1.54) is 11.7 Å². The van der Waals surface area contributed by atoms with Gasteiger partial charge in [-0.15, -0.1) is 11.3 Å². The van der Waals surface area contributed by atoms with Crippen molar-refractivity contribution in [3.8, 4) is 0 Å². The lowest BCUT2D eigenvalue weighted by Crippen LogP contribution is -2.19. The van der Waals surface area contributed by atoms with Crippen molar-refractivity contribution in [2.75, 3.05) is 7.05 Å². The molecule has 0 bridgehead atoms. The third kappa shape index (κ3) is 2.58. The van der Waals surface area contributed by atoms with Gasteiger partial charge in [0.1, 0.15) is 0 Å². The summed E-state index contributed by atoms with van der Waals surface area (Å²) >= 11 is 2.94. The van der Waals surface area contributed by atoms with Crippen LogP contribution < -0.4 is 5.32 Å². The molecule has 6 heteroatoms. The fraction of sp³-hybridized carbons (Fsp3) is 0.444.